The number of rotatable bonds is 3. The van der Waals surface area contributed by atoms with E-state index in [1.54, 1.807) is 12.4 Å². The maximum Gasteiger partial charge on any atom is 0.328 e. The van der Waals surface area contributed by atoms with Crippen LogP contribution in [0.4, 0.5) is 5.82 Å². The predicted octanol–water partition coefficient (Wildman–Crippen LogP) is 5.21. The van der Waals surface area contributed by atoms with Crippen LogP contribution < -0.4 is 4.90 Å². The van der Waals surface area contributed by atoms with Crippen molar-refractivity contribution in [2.75, 3.05) is 18.0 Å². The number of aliphatic carboxylic acids is 1. The summed E-state index contributed by atoms with van der Waals surface area (Å²) in [7, 11) is 0. The predicted molar refractivity (Wildman–Crippen MR) is 112 cm³/mol. The summed E-state index contributed by atoms with van der Waals surface area (Å²) < 4.78 is 0. The molecular weight excluding hydrogens is 397 g/mol. The highest BCUT2D eigenvalue weighted by Gasteiger charge is 2.21. The SMILES string of the molecule is O=C(O)/C=C1/CCCN(c2ncnc3cccc(-c4ccc(Cl)c(Cl)c4)c23)C1. The summed E-state index contributed by atoms with van der Waals surface area (Å²) in [5.74, 6) is -0.122. The van der Waals surface area contributed by atoms with Crippen LogP contribution in [0.1, 0.15) is 12.8 Å². The van der Waals surface area contributed by atoms with Gasteiger partial charge in [0.25, 0.3) is 0 Å². The van der Waals surface area contributed by atoms with Crippen molar-refractivity contribution in [3.63, 3.8) is 0 Å². The van der Waals surface area contributed by atoms with Gasteiger partial charge in [-0.2, -0.15) is 0 Å². The molecule has 1 aliphatic rings. The average molecular weight is 414 g/mol. The summed E-state index contributed by atoms with van der Waals surface area (Å²) in [6.07, 6.45) is 4.51. The third-order valence-electron chi connectivity index (χ3n) is 4.82. The Morgan fingerprint density at radius 2 is 2.00 bits per heavy atom. The lowest BCUT2D eigenvalue weighted by Crippen LogP contribution is -2.32. The Bertz CT molecular complexity index is 1090. The number of hydrogen-bond acceptors (Lipinski definition) is 4. The maximum atomic E-state index is 11.1. The molecule has 3 aromatic rings. The fourth-order valence-corrected chi connectivity index (χ4v) is 3.91. The molecule has 2 aromatic carbocycles. The third-order valence-corrected chi connectivity index (χ3v) is 5.56. The number of nitrogens with zero attached hydrogens (tertiary/aromatic N) is 3. The molecular formula is C21H17Cl2N3O2. The molecule has 0 bridgehead atoms. The number of hydrogen-bond donors (Lipinski definition) is 1. The second-order valence-corrected chi connectivity index (χ2v) is 7.51. The van der Waals surface area contributed by atoms with E-state index in [9.17, 15) is 4.79 Å². The highest BCUT2D eigenvalue weighted by atomic mass is 35.5. The van der Waals surface area contributed by atoms with E-state index < -0.39 is 5.97 Å². The van der Waals surface area contributed by atoms with E-state index >= 15 is 0 Å². The lowest BCUT2D eigenvalue weighted by Gasteiger charge is -2.30. The summed E-state index contributed by atoms with van der Waals surface area (Å²) in [6, 6.07) is 11.4. The lowest BCUT2D eigenvalue weighted by atomic mass is 9.99. The van der Waals surface area contributed by atoms with Gasteiger partial charge in [0.1, 0.15) is 12.1 Å². The van der Waals surface area contributed by atoms with Gasteiger partial charge in [-0.3, -0.25) is 0 Å². The smallest absolute Gasteiger partial charge is 0.328 e. The molecule has 1 aromatic heterocycles. The quantitative estimate of drug-likeness (QED) is 0.596. The Morgan fingerprint density at radius 1 is 1.14 bits per heavy atom. The van der Waals surface area contributed by atoms with Crippen LogP contribution in [0.5, 0.6) is 0 Å². The van der Waals surface area contributed by atoms with Crippen LogP contribution in [0.25, 0.3) is 22.0 Å². The molecule has 1 saturated heterocycles. The van der Waals surface area contributed by atoms with Crippen LogP contribution in [-0.2, 0) is 4.79 Å². The van der Waals surface area contributed by atoms with Gasteiger partial charge in [-0.15, -0.1) is 0 Å². The number of carboxylic acids is 1. The van der Waals surface area contributed by atoms with E-state index in [-0.39, 0.29) is 0 Å². The van der Waals surface area contributed by atoms with Crippen molar-refractivity contribution in [1.82, 2.24) is 9.97 Å². The highest BCUT2D eigenvalue weighted by molar-refractivity contribution is 6.42. The van der Waals surface area contributed by atoms with Gasteiger partial charge in [0.15, 0.2) is 0 Å². The average Bonchev–Trinajstić information content (AvgIpc) is 2.69. The summed E-state index contributed by atoms with van der Waals surface area (Å²) in [5.41, 5.74) is 3.59. The van der Waals surface area contributed by atoms with E-state index in [2.05, 4.69) is 14.9 Å². The van der Waals surface area contributed by atoms with Gasteiger partial charge in [0.05, 0.1) is 20.9 Å². The van der Waals surface area contributed by atoms with E-state index in [0.717, 1.165) is 52.8 Å². The zero-order valence-electron chi connectivity index (χ0n) is 14.9. The molecule has 0 saturated carbocycles. The molecule has 1 N–H and O–H groups in total. The molecule has 0 amide bonds. The van der Waals surface area contributed by atoms with Crippen molar-refractivity contribution in [1.29, 1.82) is 0 Å². The van der Waals surface area contributed by atoms with Gasteiger partial charge in [0.2, 0.25) is 0 Å². The van der Waals surface area contributed by atoms with Crippen molar-refractivity contribution in [3.05, 3.63) is 64.4 Å². The van der Waals surface area contributed by atoms with Gasteiger partial charge in [-0.1, -0.05) is 41.4 Å². The van der Waals surface area contributed by atoms with Gasteiger partial charge in [-0.05, 0) is 47.7 Å². The largest absolute Gasteiger partial charge is 0.478 e. The van der Waals surface area contributed by atoms with Crippen LogP contribution in [0.3, 0.4) is 0 Å². The van der Waals surface area contributed by atoms with E-state index in [0.29, 0.717) is 16.6 Å². The molecule has 1 fully saturated rings. The molecule has 1 aliphatic heterocycles. The monoisotopic (exact) mass is 413 g/mol. The van der Waals surface area contributed by atoms with E-state index in [1.807, 2.05) is 30.3 Å². The molecule has 142 valence electrons. The Balaban J connectivity index is 1.86. The minimum Gasteiger partial charge on any atom is -0.478 e. The summed E-state index contributed by atoms with van der Waals surface area (Å²) >= 11 is 12.3. The molecule has 2 heterocycles. The molecule has 5 nitrogen and oxygen atoms in total. The summed E-state index contributed by atoms with van der Waals surface area (Å²) in [5, 5.41) is 11.0. The number of carboxylic acid groups (broad SMARTS) is 1. The zero-order valence-corrected chi connectivity index (χ0v) is 16.4. The van der Waals surface area contributed by atoms with Crippen molar-refractivity contribution in [2.45, 2.75) is 12.8 Å². The van der Waals surface area contributed by atoms with Crippen LogP contribution in [0, 0.1) is 0 Å². The van der Waals surface area contributed by atoms with Crippen molar-refractivity contribution in [3.8, 4) is 11.1 Å². The van der Waals surface area contributed by atoms with Gasteiger partial charge >= 0.3 is 5.97 Å². The number of piperidine rings is 1. The molecule has 0 unspecified atom stereocenters. The highest BCUT2D eigenvalue weighted by Crippen LogP contribution is 2.37. The molecule has 0 atom stereocenters. The molecule has 4 rings (SSSR count). The van der Waals surface area contributed by atoms with Crippen LogP contribution >= 0.6 is 23.2 Å². The maximum absolute atomic E-state index is 11.1. The molecule has 28 heavy (non-hydrogen) atoms. The summed E-state index contributed by atoms with van der Waals surface area (Å²) in [6.45, 7) is 1.34. The molecule has 0 aliphatic carbocycles. The summed E-state index contributed by atoms with van der Waals surface area (Å²) in [4.78, 5) is 22.2. The van der Waals surface area contributed by atoms with Gasteiger partial charge in [-0.25, -0.2) is 14.8 Å². The standard InChI is InChI=1S/C21H17Cl2N3O2/c22-16-7-6-14(10-17(16)23)15-4-1-5-18-20(15)21(25-12-24-18)26-8-2-3-13(11-26)9-19(27)28/h1,4-7,9-10,12H,2-3,8,11H2,(H,27,28)/b13-9-. The van der Waals surface area contributed by atoms with Crippen molar-refractivity contribution >= 4 is 45.9 Å². The topological polar surface area (TPSA) is 66.3 Å². The number of aromatic nitrogens is 2. The van der Waals surface area contributed by atoms with E-state index in [4.69, 9.17) is 28.3 Å². The Morgan fingerprint density at radius 3 is 2.79 bits per heavy atom. The normalized spacial score (nSPS) is 15.9. The number of anilines is 1. The first-order chi connectivity index (χ1) is 13.5. The van der Waals surface area contributed by atoms with Crippen LogP contribution in [0.15, 0.2) is 54.4 Å². The first-order valence-electron chi connectivity index (χ1n) is 8.89. The minimum absolute atomic E-state index is 0.485. The zero-order chi connectivity index (χ0) is 19.7. The number of benzene rings is 2. The van der Waals surface area contributed by atoms with Gasteiger partial charge in [0, 0.05) is 19.2 Å². The van der Waals surface area contributed by atoms with Crippen molar-refractivity contribution < 1.29 is 9.90 Å². The molecule has 0 spiro atoms. The number of fused-ring (bicyclic) bond motifs is 1. The Labute approximate surface area is 172 Å². The number of carbonyl (C=O) groups is 1. The molecule has 0 radical (unpaired) electrons. The lowest BCUT2D eigenvalue weighted by molar-refractivity contribution is -0.131. The third kappa shape index (κ3) is 3.68. The molecule has 7 heteroatoms. The Hall–Kier alpha value is -2.63. The second kappa shape index (κ2) is 7.78. The number of halogens is 2. The van der Waals surface area contributed by atoms with E-state index in [1.165, 1.54) is 6.08 Å². The van der Waals surface area contributed by atoms with Gasteiger partial charge < -0.3 is 10.0 Å². The van der Waals surface area contributed by atoms with Crippen molar-refractivity contribution in [2.24, 2.45) is 0 Å². The minimum atomic E-state index is -0.916. The second-order valence-electron chi connectivity index (χ2n) is 6.69. The van der Waals surface area contributed by atoms with Crippen LogP contribution in [0.2, 0.25) is 10.0 Å². The first-order valence-corrected chi connectivity index (χ1v) is 9.65. The van der Waals surface area contributed by atoms with Crippen LogP contribution in [-0.4, -0.2) is 34.1 Å². The first kappa shape index (κ1) is 18.7. The fraction of sp³-hybridized carbons (Fsp3) is 0.190. The Kier molecular flexibility index (Phi) is 5.20. The fourth-order valence-electron chi connectivity index (χ4n) is 3.61.